The van der Waals surface area contributed by atoms with Gasteiger partial charge in [0.05, 0.1) is 6.10 Å². The highest BCUT2D eigenvalue weighted by molar-refractivity contribution is 6.24. The molecule has 0 saturated carbocycles. The molecule has 0 heterocycles. The van der Waals surface area contributed by atoms with Gasteiger partial charge in [0.15, 0.2) is 0 Å². The monoisotopic (exact) mass is 648 g/mol. The van der Waals surface area contributed by atoms with E-state index in [4.69, 9.17) is 20.6 Å². The van der Waals surface area contributed by atoms with Crippen LogP contribution in [0.3, 0.4) is 0 Å². The number of urea groups is 1. The number of hydrogen-bond acceptors (Lipinski definition) is 9. The Hall–Kier alpha value is -5.02. The summed E-state index contributed by atoms with van der Waals surface area (Å²) in [5.41, 5.74) is 6.03. The molecule has 0 aromatic heterocycles. The molecule has 254 valence electrons. The highest BCUT2D eigenvalue weighted by Gasteiger charge is 2.28. The van der Waals surface area contributed by atoms with Crippen molar-refractivity contribution in [3.8, 4) is 0 Å². The Bertz CT molecular complexity index is 1240. The Morgan fingerprint density at radius 3 is 2.09 bits per heavy atom. The predicted octanol–water partition coefficient (Wildman–Crippen LogP) is -0.555. The molecule has 0 aliphatic rings. The van der Waals surface area contributed by atoms with Crippen LogP contribution < -0.4 is 37.7 Å². The molecule has 1 rings (SSSR count). The zero-order valence-electron chi connectivity index (χ0n) is 26.8. The summed E-state index contributed by atoms with van der Waals surface area (Å²) < 4.78 is 10.4. The number of esters is 1. The van der Waals surface area contributed by atoms with Crippen LogP contribution in [-0.2, 0) is 40.1 Å². The number of carbonyl (C=O) groups excluding carboxylic acids is 7. The number of hydrogen-bond donors (Lipinski definition) is 7. The van der Waals surface area contributed by atoms with Crippen molar-refractivity contribution >= 4 is 53.5 Å². The molecule has 16 heteroatoms. The number of nitrogens with two attached hydrogens (primary N) is 2. The Kier molecular flexibility index (Phi) is 17.0. The van der Waals surface area contributed by atoms with Gasteiger partial charge in [-0.3, -0.25) is 24.6 Å². The number of primary amides is 1. The predicted molar refractivity (Wildman–Crippen MR) is 167 cm³/mol. The van der Waals surface area contributed by atoms with Crippen molar-refractivity contribution in [2.45, 2.75) is 91.1 Å². The third-order valence-electron chi connectivity index (χ3n) is 6.29. The summed E-state index contributed by atoms with van der Waals surface area (Å²) in [5, 5.41) is 18.0. The van der Waals surface area contributed by atoms with Crippen LogP contribution in [0.1, 0.15) is 65.9 Å². The molecule has 1 aromatic rings. The van der Waals surface area contributed by atoms with Gasteiger partial charge in [0, 0.05) is 25.6 Å². The minimum atomic E-state index is -1.12. The molecule has 0 aliphatic heterocycles. The number of alkyl carbamates (subject to hydrolysis) is 1. The second-order valence-electron chi connectivity index (χ2n) is 11.0. The maximum Gasteiger partial charge on any atom is 0.408 e. The summed E-state index contributed by atoms with van der Waals surface area (Å²) in [4.78, 5) is 85.0. The summed E-state index contributed by atoms with van der Waals surface area (Å²) in [7, 11) is 0. The summed E-state index contributed by atoms with van der Waals surface area (Å²) in [6.45, 7) is 8.10. The van der Waals surface area contributed by atoms with Crippen LogP contribution >= 0.6 is 0 Å². The number of Topliss-reactive ketones (excluding diaryl/α,β-unsaturated/α-hetero) is 1. The summed E-state index contributed by atoms with van der Waals surface area (Å²) in [6, 6.07) is 2.61. The average Bonchev–Trinajstić information content (AvgIpc) is 2.97. The molecule has 0 bridgehead atoms. The van der Waals surface area contributed by atoms with E-state index in [1.807, 2.05) is 0 Å². The number of carbonyl (C=O) groups is 7. The second kappa shape index (κ2) is 20.1. The summed E-state index contributed by atoms with van der Waals surface area (Å²) >= 11 is 0. The number of amides is 6. The molecule has 9 N–H and O–H groups in total. The minimum Gasteiger partial charge on any atom is -0.461 e. The molecule has 0 aliphatic carbocycles. The maximum absolute atomic E-state index is 13.2. The fourth-order valence-corrected chi connectivity index (χ4v) is 3.98. The van der Waals surface area contributed by atoms with E-state index in [1.54, 1.807) is 52.0 Å². The first-order valence-corrected chi connectivity index (χ1v) is 14.8. The smallest absolute Gasteiger partial charge is 0.408 e. The molecule has 16 nitrogen and oxygen atoms in total. The normalized spacial score (nSPS) is 12.6. The lowest BCUT2D eigenvalue weighted by molar-refractivity contribution is -0.150. The van der Waals surface area contributed by atoms with Crippen LogP contribution in [0, 0.1) is 5.92 Å². The van der Waals surface area contributed by atoms with Crippen LogP contribution in [0.4, 0.5) is 15.3 Å². The van der Waals surface area contributed by atoms with Crippen molar-refractivity contribution in [3.05, 3.63) is 29.8 Å². The number of ether oxygens (including phenoxy) is 2. The zero-order valence-corrected chi connectivity index (χ0v) is 26.8. The van der Waals surface area contributed by atoms with E-state index in [1.165, 1.54) is 6.92 Å². The minimum absolute atomic E-state index is 0.0317. The van der Waals surface area contributed by atoms with Crippen LogP contribution in [0.5, 0.6) is 0 Å². The molecule has 0 saturated heterocycles. The highest BCUT2D eigenvalue weighted by atomic mass is 16.6. The Morgan fingerprint density at radius 2 is 1.54 bits per heavy atom. The Labute approximate surface area is 267 Å². The van der Waals surface area contributed by atoms with Crippen molar-refractivity contribution in [3.63, 3.8) is 0 Å². The SMILES string of the molecule is CC(=O)N[C@H](C(=O)N[C@@H](CCCNC(N)=O)C(=O)Nc1ccc(COC(=O)NC(CCC(=O)C=[NH2+])C(=O)OC(C)C)cc1)C(C)C. The third-order valence-corrected chi connectivity index (χ3v) is 6.29. The van der Waals surface area contributed by atoms with E-state index in [0.29, 0.717) is 17.7 Å². The lowest BCUT2D eigenvalue weighted by Crippen LogP contribution is -2.54. The molecule has 1 aromatic carbocycles. The molecule has 6 amide bonds. The topological polar surface area (TPSA) is 250 Å². The van der Waals surface area contributed by atoms with Crippen molar-refractivity contribution in [1.82, 2.24) is 21.3 Å². The van der Waals surface area contributed by atoms with Crippen molar-refractivity contribution in [1.29, 1.82) is 0 Å². The number of ketones is 1. The highest BCUT2D eigenvalue weighted by Crippen LogP contribution is 2.13. The molecule has 0 radical (unpaired) electrons. The number of anilines is 1. The molecular formula is C30H46N7O9+. The van der Waals surface area contributed by atoms with Gasteiger partial charge >= 0.3 is 18.1 Å². The second-order valence-corrected chi connectivity index (χ2v) is 11.0. The van der Waals surface area contributed by atoms with Crippen molar-refractivity contribution in [2.75, 3.05) is 11.9 Å². The van der Waals surface area contributed by atoms with Crippen LogP contribution in [-0.4, -0.2) is 78.6 Å². The van der Waals surface area contributed by atoms with Gasteiger partial charge in [-0.05, 0) is 56.7 Å². The first-order valence-electron chi connectivity index (χ1n) is 14.8. The van der Waals surface area contributed by atoms with Gasteiger partial charge in [-0.25, -0.2) is 14.4 Å². The molecule has 1 unspecified atom stereocenters. The standard InChI is InChI=1S/C30H45N7O9/c1-17(2)25(34-19(5)38)27(41)36-23(7-6-14-33-29(32)43)26(40)35-21-10-8-20(9-11-21)16-45-30(44)37-24(13-12-22(39)15-31)28(42)46-18(3)4/h8-11,15,17-18,23-25,31H,6-7,12-14,16H2,1-5H3,(H,34,38)(H,35,40)(H,36,41)(H,37,44)(H3,32,33,43)/p+1/t23-,24?,25-/m0/s1. The fourth-order valence-electron chi connectivity index (χ4n) is 3.98. The maximum atomic E-state index is 13.2. The van der Waals surface area contributed by atoms with E-state index >= 15 is 0 Å². The van der Waals surface area contributed by atoms with Gasteiger partial charge in [-0.15, -0.1) is 0 Å². The molecule has 3 atom stereocenters. The Balaban J connectivity index is 2.86. The summed E-state index contributed by atoms with van der Waals surface area (Å²) in [6.07, 6.45) is -0.0880. The zero-order chi connectivity index (χ0) is 34.8. The fraction of sp³-hybridized carbons (Fsp3) is 0.533. The van der Waals surface area contributed by atoms with E-state index in [0.717, 1.165) is 6.21 Å². The first kappa shape index (κ1) is 39.0. The molecule has 46 heavy (non-hydrogen) atoms. The van der Waals surface area contributed by atoms with Gasteiger partial charge in [-0.1, -0.05) is 26.0 Å². The first-order chi connectivity index (χ1) is 21.6. The van der Waals surface area contributed by atoms with Crippen molar-refractivity contribution in [2.24, 2.45) is 11.7 Å². The molecule has 0 fully saturated rings. The summed E-state index contributed by atoms with van der Waals surface area (Å²) in [5.74, 6) is -2.84. The molecular weight excluding hydrogens is 602 g/mol. The van der Waals surface area contributed by atoms with E-state index in [2.05, 4.69) is 26.6 Å². The van der Waals surface area contributed by atoms with Crippen LogP contribution in [0.15, 0.2) is 24.3 Å². The van der Waals surface area contributed by atoms with Gasteiger partial charge in [0.25, 0.3) is 0 Å². The lowest BCUT2D eigenvalue weighted by atomic mass is 10.0. The van der Waals surface area contributed by atoms with E-state index < -0.39 is 65.8 Å². The van der Waals surface area contributed by atoms with Gasteiger partial charge < -0.3 is 41.8 Å². The van der Waals surface area contributed by atoms with Crippen molar-refractivity contribution < 1.29 is 48.4 Å². The molecule has 0 spiro atoms. The van der Waals surface area contributed by atoms with Gasteiger partial charge in [-0.2, -0.15) is 0 Å². The average molecular weight is 649 g/mol. The van der Waals surface area contributed by atoms with Crippen LogP contribution in [0.2, 0.25) is 0 Å². The van der Waals surface area contributed by atoms with Gasteiger partial charge in [0.2, 0.25) is 29.7 Å². The van der Waals surface area contributed by atoms with E-state index in [9.17, 15) is 33.6 Å². The third kappa shape index (κ3) is 15.6. The van der Waals surface area contributed by atoms with Crippen LogP contribution in [0.25, 0.3) is 0 Å². The quantitative estimate of drug-likeness (QED) is 0.0576. The number of rotatable bonds is 19. The largest absolute Gasteiger partial charge is 0.461 e. The van der Waals surface area contributed by atoms with E-state index in [-0.39, 0.29) is 38.3 Å². The number of benzene rings is 1. The Morgan fingerprint density at radius 1 is 0.891 bits per heavy atom. The number of nitrogens with one attached hydrogen (secondary N) is 5. The lowest BCUT2D eigenvalue weighted by Gasteiger charge is -2.25. The van der Waals surface area contributed by atoms with Gasteiger partial charge in [0.1, 0.15) is 24.7 Å².